The number of hydrogen-bond donors (Lipinski definition) is 3. The molecule has 0 saturated carbocycles. The summed E-state index contributed by atoms with van der Waals surface area (Å²) in [4.78, 5) is 49.9. The number of ether oxygens (including phenoxy) is 10. The first-order valence-electron chi connectivity index (χ1n) is 25.4. The van der Waals surface area contributed by atoms with Crippen molar-refractivity contribution in [2.45, 2.75) is 76.4 Å². The molecule has 1 unspecified atom stereocenters. The summed E-state index contributed by atoms with van der Waals surface area (Å²) in [6.07, 6.45) is 5.49. The standard InChI is InChI=1S/C49H72F4N4O18S2/c1-3-11-57(74-4-2)49(61)35-30-38-37(55-39(54)31-35)32-36(76-38)6-5-34-7-12-56(13-8-34)40(59)9-14-65-26-28-72-42(33-58)73-29-27-71-25-24-70-23-22-69-21-20-68-19-18-67-17-16-66-15-10-41(60)75-47-43(50)45(52)48(77(62,63)64)46(53)44(47)51/h30,32,34,42,58H,3-29,31,33H2,1-2H3,(H2,54,55)(H,62,63,64). The molecule has 1 aromatic carbocycles. The Kier molecular flexibility index (Phi) is 30.6. The summed E-state index contributed by atoms with van der Waals surface area (Å²) in [5.74, 6) is -11.9. The van der Waals surface area contributed by atoms with Gasteiger partial charge in [0.25, 0.3) is 5.91 Å². The van der Waals surface area contributed by atoms with Crippen molar-refractivity contribution in [2.75, 3.05) is 139 Å². The summed E-state index contributed by atoms with van der Waals surface area (Å²) < 4.78 is 140. The first kappa shape index (κ1) is 65.2. The number of amides is 2. The van der Waals surface area contributed by atoms with Crippen LogP contribution in [0.4, 0.5) is 23.2 Å². The van der Waals surface area contributed by atoms with Gasteiger partial charge < -0.3 is 63.1 Å². The molecular formula is C49H72F4N4O18S2. The van der Waals surface area contributed by atoms with E-state index in [0.717, 1.165) is 42.7 Å². The number of nitrogens with two attached hydrogens (primary N) is 1. The van der Waals surface area contributed by atoms with E-state index < -0.39 is 62.7 Å². The Morgan fingerprint density at radius 3 is 1.78 bits per heavy atom. The maximum atomic E-state index is 14.0. The summed E-state index contributed by atoms with van der Waals surface area (Å²) in [5.41, 5.74) is 7.57. The van der Waals surface area contributed by atoms with Gasteiger partial charge in [0, 0.05) is 36.5 Å². The van der Waals surface area contributed by atoms with Crippen LogP contribution in [-0.2, 0) is 78.4 Å². The number of halogens is 4. The monoisotopic (exact) mass is 1140 g/mol. The highest BCUT2D eigenvalue weighted by Crippen LogP contribution is 2.37. The topological polar surface area (TPSA) is 272 Å². The Balaban J connectivity index is 0.894. The molecule has 0 bridgehead atoms. The third-order valence-corrected chi connectivity index (χ3v) is 13.4. The fraction of sp³-hybridized carbons (Fsp3) is 0.673. The maximum Gasteiger partial charge on any atom is 0.313 e. The molecule has 1 atom stereocenters. The normalized spacial score (nSPS) is 14.5. The first-order valence-corrected chi connectivity index (χ1v) is 27.6. The van der Waals surface area contributed by atoms with Crippen LogP contribution in [-0.4, -0.2) is 197 Å². The molecule has 0 aliphatic carbocycles. The largest absolute Gasteiger partial charge is 0.420 e. The second kappa shape index (κ2) is 36.1. The third-order valence-electron chi connectivity index (χ3n) is 11.4. The van der Waals surface area contributed by atoms with Crippen LogP contribution in [0.25, 0.3) is 6.08 Å². The smallest absolute Gasteiger partial charge is 0.313 e. The van der Waals surface area contributed by atoms with E-state index in [2.05, 4.69) is 15.8 Å². The maximum absolute atomic E-state index is 14.0. The number of thiophene rings is 1. The second-order valence-electron chi connectivity index (χ2n) is 17.1. The minimum atomic E-state index is -5.65. The molecule has 1 fully saturated rings. The molecule has 4 N–H and O–H groups in total. The average Bonchev–Trinajstić information content (AvgIpc) is 3.71. The Hall–Kier alpha value is -4.27. The van der Waals surface area contributed by atoms with Gasteiger partial charge in [-0.15, -0.1) is 11.3 Å². The fourth-order valence-corrected chi connectivity index (χ4v) is 9.25. The van der Waals surface area contributed by atoms with E-state index in [4.69, 9.17) is 57.8 Å². The number of aliphatic imine (C=N–C) groups is 1. The fourth-order valence-electron chi connectivity index (χ4n) is 7.54. The molecule has 22 nitrogen and oxygen atoms in total. The Labute approximate surface area is 449 Å². The van der Waals surface area contributed by atoms with E-state index in [1.54, 1.807) is 11.3 Å². The van der Waals surface area contributed by atoms with Gasteiger partial charge in [0.2, 0.25) is 23.3 Å². The number of carbonyl (C=O) groups is 3. The predicted octanol–water partition coefficient (Wildman–Crippen LogP) is 4.54. The van der Waals surface area contributed by atoms with Gasteiger partial charge in [-0.05, 0) is 57.1 Å². The van der Waals surface area contributed by atoms with Crippen LogP contribution in [0.1, 0.15) is 68.5 Å². The molecule has 2 aliphatic rings. The molecule has 3 heterocycles. The molecule has 436 valence electrons. The van der Waals surface area contributed by atoms with Crippen molar-refractivity contribution < 1.29 is 102 Å². The highest BCUT2D eigenvalue weighted by Gasteiger charge is 2.34. The predicted molar refractivity (Wildman–Crippen MR) is 269 cm³/mol. The van der Waals surface area contributed by atoms with E-state index >= 15 is 0 Å². The summed E-state index contributed by atoms with van der Waals surface area (Å²) >= 11 is 1.63. The SMILES string of the molecule is CCCN(OCC)C(=O)C1=Cc2sc(CCC3CCN(C(=O)CCOCCOC(CO)OCCOCCOCCOCCOCCOCCOCCC(=O)Oc4c(F)c(F)c(S(=O)(=O)O)c(F)c4F)CC3)cc2N=C(N)C1. The molecule has 2 aromatic rings. The Bertz CT molecular complexity index is 2270. The molecule has 0 spiro atoms. The third kappa shape index (κ3) is 23.5. The second-order valence-corrected chi connectivity index (χ2v) is 19.6. The number of piperidine rings is 1. The number of esters is 1. The van der Waals surface area contributed by atoms with Crippen molar-refractivity contribution in [1.82, 2.24) is 9.96 Å². The van der Waals surface area contributed by atoms with E-state index in [1.807, 2.05) is 24.8 Å². The van der Waals surface area contributed by atoms with Gasteiger partial charge in [0.1, 0.15) is 5.84 Å². The van der Waals surface area contributed by atoms with E-state index in [9.17, 15) is 45.5 Å². The van der Waals surface area contributed by atoms with Crippen LogP contribution in [0, 0.1) is 29.2 Å². The zero-order valence-corrected chi connectivity index (χ0v) is 45.1. The lowest BCUT2D eigenvalue weighted by atomic mass is 9.92. The van der Waals surface area contributed by atoms with Gasteiger partial charge in [-0.1, -0.05) is 6.92 Å². The van der Waals surface area contributed by atoms with Gasteiger partial charge >= 0.3 is 16.1 Å². The number of likely N-dealkylation sites (tertiary alicyclic amines) is 1. The van der Waals surface area contributed by atoms with Crippen LogP contribution in [0.5, 0.6) is 5.75 Å². The van der Waals surface area contributed by atoms with E-state index in [1.165, 1.54) is 9.94 Å². The highest BCUT2D eigenvalue weighted by atomic mass is 32.2. The number of hydrogen-bond acceptors (Lipinski definition) is 20. The Morgan fingerprint density at radius 2 is 1.29 bits per heavy atom. The number of benzene rings is 1. The molecular weight excluding hydrogens is 1070 g/mol. The van der Waals surface area contributed by atoms with Crippen molar-refractivity contribution >= 4 is 56.8 Å². The number of aryl methyl sites for hydroxylation is 1. The van der Waals surface area contributed by atoms with Crippen LogP contribution in [0.3, 0.4) is 0 Å². The molecule has 77 heavy (non-hydrogen) atoms. The molecule has 2 amide bonds. The lowest BCUT2D eigenvalue weighted by Gasteiger charge is -2.32. The number of amidine groups is 1. The molecule has 1 saturated heterocycles. The van der Waals surface area contributed by atoms with Crippen molar-refractivity contribution in [3.8, 4) is 5.75 Å². The van der Waals surface area contributed by atoms with E-state index in [0.29, 0.717) is 83.2 Å². The van der Waals surface area contributed by atoms with Crippen LogP contribution in [0.2, 0.25) is 0 Å². The molecule has 2 aliphatic heterocycles. The number of hydroxylamine groups is 2. The summed E-state index contributed by atoms with van der Waals surface area (Å²) in [6.45, 7) is 9.04. The van der Waals surface area contributed by atoms with E-state index in [-0.39, 0.29) is 97.3 Å². The lowest BCUT2D eigenvalue weighted by Crippen LogP contribution is -2.39. The zero-order valence-electron chi connectivity index (χ0n) is 43.5. The number of nitrogens with zero attached hydrogens (tertiary/aromatic N) is 3. The average molecular weight is 1150 g/mol. The summed E-state index contributed by atoms with van der Waals surface area (Å²) in [7, 11) is -5.65. The van der Waals surface area contributed by atoms with Crippen LogP contribution in [0.15, 0.2) is 21.5 Å². The van der Waals surface area contributed by atoms with Crippen molar-refractivity contribution in [3.63, 3.8) is 0 Å². The van der Waals surface area contributed by atoms with Crippen LogP contribution >= 0.6 is 11.3 Å². The van der Waals surface area contributed by atoms with Crippen LogP contribution < -0.4 is 10.5 Å². The van der Waals surface area contributed by atoms with Gasteiger partial charge in [0.15, 0.2) is 22.8 Å². The quantitative estimate of drug-likeness (QED) is 0.0121. The number of rotatable bonds is 40. The Morgan fingerprint density at radius 1 is 0.779 bits per heavy atom. The summed E-state index contributed by atoms with van der Waals surface area (Å²) in [6, 6.07) is 2.06. The minimum absolute atomic E-state index is 0.00852. The van der Waals surface area contributed by atoms with Crippen molar-refractivity contribution in [1.29, 1.82) is 0 Å². The van der Waals surface area contributed by atoms with Gasteiger partial charge in [0.05, 0.1) is 142 Å². The highest BCUT2D eigenvalue weighted by molar-refractivity contribution is 7.85. The minimum Gasteiger partial charge on any atom is -0.420 e. The molecule has 1 aromatic heterocycles. The molecule has 4 rings (SSSR count). The number of carbonyl (C=O) groups excluding carboxylic acids is 3. The summed E-state index contributed by atoms with van der Waals surface area (Å²) in [5, 5.41) is 11.0. The number of fused-ring (bicyclic) bond motifs is 1. The van der Waals surface area contributed by atoms with Crippen molar-refractivity contribution in [3.05, 3.63) is 44.7 Å². The first-order chi connectivity index (χ1) is 37.1. The lowest BCUT2D eigenvalue weighted by molar-refractivity contribution is -0.180. The number of aliphatic hydroxyl groups excluding tert-OH is 1. The molecule has 28 heteroatoms. The van der Waals surface area contributed by atoms with Gasteiger partial charge in [-0.3, -0.25) is 23.8 Å². The van der Waals surface area contributed by atoms with Gasteiger partial charge in [-0.2, -0.15) is 17.2 Å². The van der Waals surface area contributed by atoms with Gasteiger partial charge in [-0.25, -0.2) is 18.8 Å². The number of aliphatic hydroxyl groups is 1. The van der Waals surface area contributed by atoms with Crippen molar-refractivity contribution in [2.24, 2.45) is 16.6 Å². The molecule has 0 radical (unpaired) electrons. The zero-order chi connectivity index (χ0) is 56.0.